The molecule has 0 aliphatic carbocycles. The highest BCUT2D eigenvalue weighted by atomic mass is 32.2. The van der Waals surface area contributed by atoms with Crippen LogP contribution in [0.15, 0.2) is 45.8 Å². The van der Waals surface area contributed by atoms with Gasteiger partial charge in [0.25, 0.3) is 0 Å². The van der Waals surface area contributed by atoms with Crippen LogP contribution in [0.3, 0.4) is 0 Å². The lowest BCUT2D eigenvalue weighted by atomic mass is 10.1. The molecule has 1 aromatic heterocycles. The first-order valence-electron chi connectivity index (χ1n) is 9.37. The summed E-state index contributed by atoms with van der Waals surface area (Å²) in [4.78, 5) is 14.6. The fourth-order valence-electron chi connectivity index (χ4n) is 3.80. The molecule has 0 N–H and O–H groups in total. The molecule has 7 nitrogen and oxygen atoms in total. The normalized spacial score (nSPS) is 20.4. The summed E-state index contributed by atoms with van der Waals surface area (Å²) in [5.74, 6) is 0.859. The van der Waals surface area contributed by atoms with E-state index in [1.54, 1.807) is 0 Å². The minimum atomic E-state index is -3.17. The number of rotatable bonds is 6. The van der Waals surface area contributed by atoms with Crippen LogP contribution in [-0.2, 0) is 29.7 Å². The Kier molecular flexibility index (Phi) is 5.27. The van der Waals surface area contributed by atoms with Gasteiger partial charge in [-0.1, -0.05) is 24.3 Å². The highest BCUT2D eigenvalue weighted by Gasteiger charge is 2.29. The molecule has 1 unspecified atom stereocenters. The van der Waals surface area contributed by atoms with Gasteiger partial charge in [0, 0.05) is 38.2 Å². The van der Waals surface area contributed by atoms with Crippen LogP contribution in [0.5, 0.6) is 5.75 Å². The topological polar surface area (TPSA) is 80.1 Å². The molecule has 0 amide bonds. The fraction of sp³-hybridized carbons (Fsp3) is 0.450. The van der Waals surface area contributed by atoms with Crippen molar-refractivity contribution in [3.63, 3.8) is 0 Å². The van der Waals surface area contributed by atoms with E-state index in [0.717, 1.165) is 19.5 Å². The zero-order valence-electron chi connectivity index (χ0n) is 15.8. The predicted octanol–water partition coefficient (Wildman–Crippen LogP) is 1.82. The van der Waals surface area contributed by atoms with Crippen LogP contribution in [0, 0.1) is 5.92 Å². The summed E-state index contributed by atoms with van der Waals surface area (Å²) < 4.78 is 35.8. The van der Waals surface area contributed by atoms with Gasteiger partial charge in [0.05, 0.1) is 19.4 Å². The Hall–Kier alpha value is -2.16. The lowest BCUT2D eigenvalue weighted by molar-refractivity contribution is 0.231. The molecule has 8 heteroatoms. The van der Waals surface area contributed by atoms with E-state index in [4.69, 9.17) is 9.15 Å². The lowest BCUT2D eigenvalue weighted by Gasteiger charge is -2.15. The largest absolute Gasteiger partial charge is 0.486 e. The number of hydrogen-bond donors (Lipinski definition) is 0. The highest BCUT2D eigenvalue weighted by molar-refractivity contribution is 7.88. The summed E-state index contributed by atoms with van der Waals surface area (Å²) in [6.07, 6.45) is 3.30. The van der Waals surface area contributed by atoms with Crippen LogP contribution in [0.4, 0.5) is 0 Å². The van der Waals surface area contributed by atoms with Gasteiger partial charge in [-0.25, -0.2) is 12.7 Å². The predicted molar refractivity (Wildman–Crippen MR) is 104 cm³/mol. The van der Waals surface area contributed by atoms with Crippen molar-refractivity contribution in [2.75, 3.05) is 26.0 Å². The van der Waals surface area contributed by atoms with Crippen molar-refractivity contribution in [1.29, 1.82) is 0 Å². The lowest BCUT2D eigenvalue weighted by Crippen LogP contribution is -2.28. The maximum absolute atomic E-state index is 12.4. The Bertz CT molecular complexity index is 992. The molecular formula is C20H24N2O5S. The molecule has 150 valence electrons. The summed E-state index contributed by atoms with van der Waals surface area (Å²) in [5.41, 5.74) is 2.41. The van der Waals surface area contributed by atoms with Gasteiger partial charge in [0.1, 0.15) is 12.0 Å². The summed E-state index contributed by atoms with van der Waals surface area (Å²) in [6.45, 7) is 3.48. The number of fused-ring (bicyclic) bond motifs is 1. The minimum absolute atomic E-state index is 0.0805. The zero-order chi connectivity index (χ0) is 19.7. The first-order chi connectivity index (χ1) is 13.4. The van der Waals surface area contributed by atoms with Crippen molar-refractivity contribution in [2.45, 2.75) is 26.1 Å². The Balaban J connectivity index is 1.32. The van der Waals surface area contributed by atoms with E-state index in [9.17, 15) is 13.2 Å². The van der Waals surface area contributed by atoms with Crippen molar-refractivity contribution < 1.29 is 17.6 Å². The Morgan fingerprint density at radius 3 is 2.54 bits per heavy atom. The zero-order valence-corrected chi connectivity index (χ0v) is 16.7. The Morgan fingerprint density at radius 1 is 1.21 bits per heavy atom. The number of sulfonamides is 1. The van der Waals surface area contributed by atoms with Gasteiger partial charge in [0.2, 0.25) is 21.2 Å². The maximum Gasteiger partial charge on any atom is 0.227 e. The van der Waals surface area contributed by atoms with Crippen molar-refractivity contribution in [3.8, 4) is 5.75 Å². The van der Waals surface area contributed by atoms with E-state index in [0.29, 0.717) is 32.0 Å². The third-order valence-corrected chi connectivity index (χ3v) is 6.60. The molecule has 0 radical (unpaired) electrons. The van der Waals surface area contributed by atoms with Crippen LogP contribution in [-0.4, -0.2) is 43.6 Å². The Morgan fingerprint density at radius 2 is 1.93 bits per heavy atom. The number of hydrogen-bond acceptors (Lipinski definition) is 6. The van der Waals surface area contributed by atoms with E-state index in [1.807, 2.05) is 12.1 Å². The van der Waals surface area contributed by atoms with Crippen LogP contribution in [0.25, 0.3) is 0 Å². The summed E-state index contributed by atoms with van der Waals surface area (Å²) >= 11 is 0. The van der Waals surface area contributed by atoms with Gasteiger partial charge in [-0.15, -0.1) is 0 Å². The molecule has 2 aliphatic heterocycles. The van der Waals surface area contributed by atoms with Crippen LogP contribution in [0.2, 0.25) is 0 Å². The minimum Gasteiger partial charge on any atom is -0.486 e. The second-order valence-corrected chi connectivity index (χ2v) is 9.56. The average Bonchev–Trinajstić information content (AvgIpc) is 3.27. The molecule has 4 rings (SSSR count). The van der Waals surface area contributed by atoms with E-state index in [1.165, 1.54) is 34.0 Å². The quantitative estimate of drug-likeness (QED) is 0.731. The molecule has 1 fully saturated rings. The molecule has 0 bridgehead atoms. The van der Waals surface area contributed by atoms with E-state index < -0.39 is 10.0 Å². The van der Waals surface area contributed by atoms with Crippen molar-refractivity contribution in [2.24, 2.45) is 5.92 Å². The molecule has 0 saturated carbocycles. The second-order valence-electron chi connectivity index (χ2n) is 7.58. The standard InChI is InChI=1S/C20H24N2O5S/c1-28(24,25)22-7-6-15(9-22)13-27-20-14-26-18(8-19(20)23)12-21-10-16-4-2-3-5-17(16)11-21/h2-5,8,14-15H,6-7,9-13H2,1H3. The maximum atomic E-state index is 12.4. The molecule has 3 heterocycles. The highest BCUT2D eigenvalue weighted by Crippen LogP contribution is 2.24. The molecule has 28 heavy (non-hydrogen) atoms. The van der Waals surface area contributed by atoms with Gasteiger partial charge in [-0.2, -0.15) is 0 Å². The van der Waals surface area contributed by atoms with Gasteiger partial charge < -0.3 is 9.15 Å². The van der Waals surface area contributed by atoms with Gasteiger partial charge in [0.15, 0.2) is 0 Å². The molecule has 2 aromatic rings. The third kappa shape index (κ3) is 4.29. The smallest absolute Gasteiger partial charge is 0.227 e. The van der Waals surface area contributed by atoms with Gasteiger partial charge in [-0.05, 0) is 17.5 Å². The van der Waals surface area contributed by atoms with Crippen molar-refractivity contribution in [1.82, 2.24) is 9.21 Å². The monoisotopic (exact) mass is 404 g/mol. The van der Waals surface area contributed by atoms with Crippen molar-refractivity contribution in [3.05, 3.63) is 63.7 Å². The molecule has 1 atom stereocenters. The van der Waals surface area contributed by atoms with Crippen molar-refractivity contribution >= 4 is 10.0 Å². The first kappa shape index (κ1) is 19.2. The van der Waals surface area contributed by atoms with Crippen LogP contribution < -0.4 is 10.2 Å². The van der Waals surface area contributed by atoms with Gasteiger partial charge in [-0.3, -0.25) is 9.69 Å². The summed E-state index contributed by atoms with van der Waals surface area (Å²) in [6, 6.07) is 9.80. The molecule has 1 saturated heterocycles. The number of benzene rings is 1. The SMILES string of the molecule is CS(=O)(=O)N1CCC(COc2coc(CN3Cc4ccccc4C3)cc2=O)C1. The van der Waals surface area contributed by atoms with Crippen LogP contribution in [0.1, 0.15) is 23.3 Å². The fourth-order valence-corrected chi connectivity index (χ4v) is 4.72. The van der Waals surface area contributed by atoms with Gasteiger partial charge >= 0.3 is 0 Å². The van der Waals surface area contributed by atoms with E-state index >= 15 is 0 Å². The summed E-state index contributed by atoms with van der Waals surface area (Å²) in [5, 5.41) is 0. The van der Waals surface area contributed by atoms with Crippen LogP contribution >= 0.6 is 0 Å². The molecular weight excluding hydrogens is 380 g/mol. The molecule has 1 aromatic carbocycles. The Labute approximate surface area is 164 Å². The van der Waals surface area contributed by atoms with E-state index in [2.05, 4.69) is 17.0 Å². The molecule has 2 aliphatic rings. The second kappa shape index (κ2) is 7.69. The summed E-state index contributed by atoms with van der Waals surface area (Å²) in [7, 11) is -3.17. The van der Waals surface area contributed by atoms with E-state index in [-0.39, 0.29) is 17.1 Å². The third-order valence-electron chi connectivity index (χ3n) is 5.33. The first-order valence-corrected chi connectivity index (χ1v) is 11.2. The average molecular weight is 404 g/mol. The number of nitrogens with zero attached hydrogens (tertiary/aromatic N) is 2. The molecule has 0 spiro atoms. The number of ether oxygens (including phenoxy) is 1.